The first-order valence-corrected chi connectivity index (χ1v) is 8.69. The van der Waals surface area contributed by atoms with Gasteiger partial charge in [0.15, 0.2) is 0 Å². The van der Waals surface area contributed by atoms with Crippen molar-refractivity contribution < 1.29 is 19.1 Å². The van der Waals surface area contributed by atoms with Gasteiger partial charge in [-0.25, -0.2) is 4.39 Å². The lowest BCUT2D eigenvalue weighted by molar-refractivity contribution is -0.121. The standard InChI is InChI=1S/C20H18ClFN2O3/c1-10(19(26)23-3)18-11(2)24(17-7-5-13(25)9-14(17)18)20(27)12-4-6-15(21)16(22)8-12/h4-10,25H,1-3H3,(H,23,26)/t10-/m0/s1. The van der Waals surface area contributed by atoms with Crippen LogP contribution in [0.2, 0.25) is 5.02 Å². The summed E-state index contributed by atoms with van der Waals surface area (Å²) in [5, 5.41) is 13.0. The number of rotatable bonds is 3. The Hall–Kier alpha value is -2.86. The van der Waals surface area contributed by atoms with E-state index in [1.54, 1.807) is 19.9 Å². The van der Waals surface area contributed by atoms with Gasteiger partial charge in [-0.2, -0.15) is 0 Å². The second kappa shape index (κ2) is 7.04. The van der Waals surface area contributed by atoms with Crippen molar-refractivity contribution in [3.05, 3.63) is 64.1 Å². The third-order valence-electron chi connectivity index (χ3n) is 4.68. The summed E-state index contributed by atoms with van der Waals surface area (Å²) in [6.07, 6.45) is 0. The third kappa shape index (κ3) is 3.17. The Kier molecular flexibility index (Phi) is 4.93. The highest BCUT2D eigenvalue weighted by molar-refractivity contribution is 6.30. The molecule has 0 aliphatic rings. The van der Waals surface area contributed by atoms with Crippen LogP contribution >= 0.6 is 11.6 Å². The fourth-order valence-electron chi connectivity index (χ4n) is 3.34. The van der Waals surface area contributed by atoms with Crippen molar-refractivity contribution in [3.63, 3.8) is 0 Å². The van der Waals surface area contributed by atoms with Gasteiger partial charge in [0.2, 0.25) is 5.91 Å². The molecular formula is C20H18ClFN2O3. The fraction of sp³-hybridized carbons (Fsp3) is 0.200. The number of halogens is 2. The molecule has 0 unspecified atom stereocenters. The van der Waals surface area contributed by atoms with Crippen LogP contribution in [0.5, 0.6) is 5.75 Å². The SMILES string of the molecule is CNC(=O)[C@@H](C)c1c(C)n(C(=O)c2ccc(Cl)c(F)c2)c2ccc(O)cc12. The maximum Gasteiger partial charge on any atom is 0.262 e. The Balaban J connectivity index is 2.27. The molecule has 0 saturated carbocycles. The Morgan fingerprint density at radius 3 is 2.56 bits per heavy atom. The number of fused-ring (bicyclic) bond motifs is 1. The van der Waals surface area contributed by atoms with Crippen LogP contribution in [0.1, 0.15) is 34.5 Å². The largest absolute Gasteiger partial charge is 0.508 e. The third-order valence-corrected chi connectivity index (χ3v) is 4.99. The number of carbonyl (C=O) groups is 2. The van der Waals surface area contributed by atoms with E-state index in [9.17, 15) is 19.1 Å². The molecule has 140 valence electrons. The van der Waals surface area contributed by atoms with Crippen molar-refractivity contribution >= 4 is 34.3 Å². The Morgan fingerprint density at radius 2 is 1.93 bits per heavy atom. The zero-order valence-corrected chi connectivity index (χ0v) is 15.8. The summed E-state index contributed by atoms with van der Waals surface area (Å²) in [7, 11) is 1.53. The van der Waals surface area contributed by atoms with Crippen molar-refractivity contribution in [2.45, 2.75) is 19.8 Å². The number of hydrogen-bond donors (Lipinski definition) is 2. The van der Waals surface area contributed by atoms with Gasteiger partial charge in [0.25, 0.3) is 5.91 Å². The van der Waals surface area contributed by atoms with E-state index in [0.29, 0.717) is 22.2 Å². The number of benzene rings is 2. The molecule has 0 fully saturated rings. The number of hydrogen-bond acceptors (Lipinski definition) is 3. The van der Waals surface area contributed by atoms with E-state index in [4.69, 9.17) is 11.6 Å². The first kappa shape index (κ1) is 18.9. The summed E-state index contributed by atoms with van der Waals surface area (Å²) in [5.41, 5.74) is 1.83. The molecule has 7 heteroatoms. The molecule has 1 aromatic heterocycles. The first-order chi connectivity index (χ1) is 12.8. The minimum absolute atomic E-state index is 0.0231. The summed E-state index contributed by atoms with van der Waals surface area (Å²) >= 11 is 5.71. The number of aromatic nitrogens is 1. The van der Waals surface area contributed by atoms with Gasteiger partial charge in [0.1, 0.15) is 11.6 Å². The summed E-state index contributed by atoms with van der Waals surface area (Å²) in [6.45, 7) is 3.44. The molecule has 5 nitrogen and oxygen atoms in total. The molecule has 0 radical (unpaired) electrons. The van der Waals surface area contributed by atoms with E-state index >= 15 is 0 Å². The fourth-order valence-corrected chi connectivity index (χ4v) is 3.46. The van der Waals surface area contributed by atoms with Crippen LogP contribution in [0, 0.1) is 12.7 Å². The Bertz CT molecular complexity index is 1070. The number of aromatic hydroxyl groups is 1. The first-order valence-electron chi connectivity index (χ1n) is 8.31. The van der Waals surface area contributed by atoms with Gasteiger partial charge in [-0.15, -0.1) is 0 Å². The maximum absolute atomic E-state index is 13.8. The van der Waals surface area contributed by atoms with E-state index < -0.39 is 17.6 Å². The Morgan fingerprint density at radius 1 is 1.22 bits per heavy atom. The van der Waals surface area contributed by atoms with Crippen LogP contribution in [-0.4, -0.2) is 28.5 Å². The van der Waals surface area contributed by atoms with Crippen molar-refractivity contribution in [1.82, 2.24) is 9.88 Å². The molecule has 0 spiro atoms. The molecule has 2 aromatic carbocycles. The average Bonchev–Trinajstić information content (AvgIpc) is 2.93. The number of nitrogens with zero attached hydrogens (tertiary/aromatic N) is 1. The van der Waals surface area contributed by atoms with Crippen LogP contribution < -0.4 is 5.32 Å². The molecule has 0 saturated heterocycles. The molecular weight excluding hydrogens is 371 g/mol. The number of phenols is 1. The second-order valence-electron chi connectivity index (χ2n) is 6.31. The number of likely N-dealkylation sites (N-methyl/N-ethyl adjacent to an activating group) is 1. The van der Waals surface area contributed by atoms with Gasteiger partial charge in [-0.1, -0.05) is 11.6 Å². The summed E-state index contributed by atoms with van der Waals surface area (Å²) < 4.78 is 15.3. The predicted molar refractivity (Wildman–Crippen MR) is 102 cm³/mol. The number of nitrogens with one attached hydrogen (secondary N) is 1. The van der Waals surface area contributed by atoms with Crippen LogP contribution in [-0.2, 0) is 4.79 Å². The second-order valence-corrected chi connectivity index (χ2v) is 6.71. The van der Waals surface area contributed by atoms with Gasteiger partial charge >= 0.3 is 0 Å². The number of amides is 1. The molecule has 1 amide bonds. The molecule has 0 aliphatic carbocycles. The molecule has 0 bridgehead atoms. The van der Waals surface area contributed by atoms with Crippen molar-refractivity contribution in [2.24, 2.45) is 0 Å². The lowest BCUT2D eigenvalue weighted by atomic mass is 9.97. The lowest BCUT2D eigenvalue weighted by Crippen LogP contribution is -2.24. The lowest BCUT2D eigenvalue weighted by Gasteiger charge is -2.12. The number of phenolic OH excluding ortho intramolecular Hbond substituents is 1. The van der Waals surface area contributed by atoms with Crippen LogP contribution in [0.3, 0.4) is 0 Å². The smallest absolute Gasteiger partial charge is 0.262 e. The van der Waals surface area contributed by atoms with E-state index in [0.717, 1.165) is 6.07 Å². The van der Waals surface area contributed by atoms with Crippen molar-refractivity contribution in [1.29, 1.82) is 0 Å². The van der Waals surface area contributed by atoms with E-state index in [1.165, 1.54) is 35.9 Å². The topological polar surface area (TPSA) is 71.3 Å². The summed E-state index contributed by atoms with van der Waals surface area (Å²) in [5.74, 6) is -1.88. The van der Waals surface area contributed by atoms with Crippen molar-refractivity contribution in [2.75, 3.05) is 7.05 Å². The molecule has 3 rings (SSSR count). The van der Waals surface area contributed by atoms with Gasteiger partial charge < -0.3 is 10.4 Å². The van der Waals surface area contributed by atoms with Gasteiger partial charge in [-0.05, 0) is 55.8 Å². The van der Waals surface area contributed by atoms with Crippen LogP contribution in [0.25, 0.3) is 10.9 Å². The van der Waals surface area contributed by atoms with Gasteiger partial charge in [0.05, 0.1) is 16.5 Å². The predicted octanol–water partition coefficient (Wildman–Crippen LogP) is 3.99. The zero-order chi connectivity index (χ0) is 19.9. The number of carbonyl (C=O) groups excluding carboxylic acids is 2. The van der Waals surface area contributed by atoms with Crippen LogP contribution in [0.4, 0.5) is 4.39 Å². The summed E-state index contributed by atoms with van der Waals surface area (Å²) in [6, 6.07) is 8.43. The zero-order valence-electron chi connectivity index (χ0n) is 15.0. The minimum atomic E-state index is -0.687. The minimum Gasteiger partial charge on any atom is -0.508 e. The van der Waals surface area contributed by atoms with E-state index in [2.05, 4.69) is 5.32 Å². The molecule has 27 heavy (non-hydrogen) atoms. The summed E-state index contributed by atoms with van der Waals surface area (Å²) in [4.78, 5) is 25.3. The molecule has 3 aromatic rings. The normalized spacial score (nSPS) is 12.2. The van der Waals surface area contributed by atoms with Crippen LogP contribution in [0.15, 0.2) is 36.4 Å². The maximum atomic E-state index is 13.8. The highest BCUT2D eigenvalue weighted by Gasteiger charge is 2.26. The van der Waals surface area contributed by atoms with Gasteiger partial charge in [0, 0.05) is 23.7 Å². The Labute approximate surface area is 160 Å². The quantitative estimate of drug-likeness (QED) is 0.712. The average molecular weight is 389 g/mol. The van der Waals surface area contributed by atoms with Crippen molar-refractivity contribution in [3.8, 4) is 5.75 Å². The van der Waals surface area contributed by atoms with E-state index in [-0.39, 0.29) is 22.2 Å². The van der Waals surface area contributed by atoms with E-state index in [1.807, 2.05) is 0 Å². The highest BCUT2D eigenvalue weighted by Crippen LogP contribution is 2.34. The molecule has 1 atom stereocenters. The molecule has 0 aliphatic heterocycles. The highest BCUT2D eigenvalue weighted by atomic mass is 35.5. The molecule has 1 heterocycles. The monoisotopic (exact) mass is 388 g/mol. The van der Waals surface area contributed by atoms with Gasteiger partial charge in [-0.3, -0.25) is 14.2 Å². The molecule has 2 N–H and O–H groups in total.